The smallest absolute Gasteiger partial charge is 0.265 e. The van der Waals surface area contributed by atoms with E-state index in [1.54, 1.807) is 6.92 Å². The van der Waals surface area contributed by atoms with Gasteiger partial charge in [0.25, 0.3) is 5.92 Å². The number of hydrogen-bond donors (Lipinski definition) is 2. The standard InChI is InChI=1S/C8H12F2N2O/c1-5-3-13-4-6(5)7(12-11)8(2,9)10/h3-4,7,12H,11H2,1-2H3. The molecule has 0 saturated carbocycles. The predicted molar refractivity (Wildman–Crippen MR) is 44.1 cm³/mol. The second kappa shape index (κ2) is 3.43. The molecule has 0 spiro atoms. The maximum atomic E-state index is 12.9. The minimum Gasteiger partial charge on any atom is -0.472 e. The van der Waals surface area contributed by atoms with Crippen LogP contribution in [0.2, 0.25) is 0 Å². The maximum absolute atomic E-state index is 12.9. The minimum atomic E-state index is -2.91. The summed E-state index contributed by atoms with van der Waals surface area (Å²) in [6.45, 7) is 2.50. The Hall–Kier alpha value is -0.940. The van der Waals surface area contributed by atoms with Crippen LogP contribution in [0.4, 0.5) is 8.78 Å². The average Bonchev–Trinajstić information content (AvgIpc) is 2.35. The van der Waals surface area contributed by atoms with Crippen LogP contribution in [0.25, 0.3) is 0 Å². The Kier molecular flexibility index (Phi) is 2.68. The molecule has 1 unspecified atom stereocenters. The fourth-order valence-electron chi connectivity index (χ4n) is 1.18. The number of hydrogen-bond acceptors (Lipinski definition) is 3. The molecule has 74 valence electrons. The molecule has 0 radical (unpaired) electrons. The molecule has 13 heavy (non-hydrogen) atoms. The van der Waals surface area contributed by atoms with E-state index in [-0.39, 0.29) is 0 Å². The van der Waals surface area contributed by atoms with Crippen LogP contribution in [-0.2, 0) is 0 Å². The van der Waals surface area contributed by atoms with Crippen molar-refractivity contribution in [3.05, 3.63) is 23.7 Å². The minimum absolute atomic E-state index is 0.384. The molecule has 0 bridgehead atoms. The number of nitrogens with two attached hydrogens (primary N) is 1. The SMILES string of the molecule is Cc1cocc1C(NN)C(C)(F)F. The van der Waals surface area contributed by atoms with Crippen molar-refractivity contribution < 1.29 is 13.2 Å². The second-order valence-corrected chi connectivity index (χ2v) is 3.07. The van der Waals surface area contributed by atoms with Gasteiger partial charge >= 0.3 is 0 Å². The van der Waals surface area contributed by atoms with Crippen molar-refractivity contribution in [3.8, 4) is 0 Å². The van der Waals surface area contributed by atoms with E-state index in [0.717, 1.165) is 6.92 Å². The van der Waals surface area contributed by atoms with Crippen molar-refractivity contribution in [1.29, 1.82) is 0 Å². The van der Waals surface area contributed by atoms with E-state index >= 15 is 0 Å². The molecule has 3 N–H and O–H groups in total. The number of halogens is 2. The highest BCUT2D eigenvalue weighted by Gasteiger charge is 2.36. The van der Waals surface area contributed by atoms with Crippen LogP contribution in [0, 0.1) is 6.92 Å². The number of furan rings is 1. The topological polar surface area (TPSA) is 51.2 Å². The summed E-state index contributed by atoms with van der Waals surface area (Å²) in [6.07, 6.45) is 2.68. The summed E-state index contributed by atoms with van der Waals surface area (Å²) >= 11 is 0. The van der Waals surface area contributed by atoms with Crippen molar-refractivity contribution in [2.45, 2.75) is 25.8 Å². The maximum Gasteiger partial charge on any atom is 0.265 e. The van der Waals surface area contributed by atoms with Gasteiger partial charge in [-0.15, -0.1) is 0 Å². The number of hydrazine groups is 1. The van der Waals surface area contributed by atoms with Crippen LogP contribution in [0.1, 0.15) is 24.1 Å². The van der Waals surface area contributed by atoms with Gasteiger partial charge in [0, 0.05) is 12.5 Å². The summed E-state index contributed by atoms with van der Waals surface area (Å²) < 4.78 is 30.7. The molecule has 3 nitrogen and oxygen atoms in total. The Balaban J connectivity index is 2.98. The van der Waals surface area contributed by atoms with E-state index in [1.807, 2.05) is 0 Å². The third kappa shape index (κ3) is 2.05. The Morgan fingerprint density at radius 2 is 2.15 bits per heavy atom. The van der Waals surface area contributed by atoms with E-state index in [1.165, 1.54) is 12.5 Å². The van der Waals surface area contributed by atoms with Crippen LogP contribution < -0.4 is 11.3 Å². The van der Waals surface area contributed by atoms with Crippen molar-refractivity contribution in [1.82, 2.24) is 5.43 Å². The molecule has 0 saturated heterocycles. The van der Waals surface area contributed by atoms with Crippen molar-refractivity contribution >= 4 is 0 Å². The summed E-state index contributed by atoms with van der Waals surface area (Å²) in [5, 5.41) is 0. The molecule has 0 aromatic carbocycles. The van der Waals surface area contributed by atoms with Crippen LogP contribution in [0.3, 0.4) is 0 Å². The van der Waals surface area contributed by atoms with E-state index in [0.29, 0.717) is 11.1 Å². The lowest BCUT2D eigenvalue weighted by Crippen LogP contribution is -2.39. The first-order valence-electron chi connectivity index (χ1n) is 3.83. The molecule has 0 amide bonds. The highest BCUT2D eigenvalue weighted by Crippen LogP contribution is 2.32. The Labute approximate surface area is 74.9 Å². The molecule has 0 aliphatic rings. The monoisotopic (exact) mass is 190 g/mol. The third-order valence-electron chi connectivity index (χ3n) is 1.88. The summed E-state index contributed by atoms with van der Waals surface area (Å²) in [6, 6.07) is -1.20. The molecule has 1 aromatic heterocycles. The average molecular weight is 190 g/mol. The van der Waals surface area contributed by atoms with E-state index in [4.69, 9.17) is 10.3 Å². The van der Waals surface area contributed by atoms with E-state index < -0.39 is 12.0 Å². The van der Waals surface area contributed by atoms with Gasteiger partial charge in [0.15, 0.2) is 0 Å². The molecule has 0 fully saturated rings. The van der Waals surface area contributed by atoms with Crippen LogP contribution >= 0.6 is 0 Å². The zero-order chi connectivity index (χ0) is 10.1. The summed E-state index contributed by atoms with van der Waals surface area (Å²) in [4.78, 5) is 0. The molecule has 1 aromatic rings. The van der Waals surface area contributed by atoms with Gasteiger partial charge in [0.1, 0.15) is 6.04 Å². The third-order valence-corrected chi connectivity index (χ3v) is 1.88. The first-order chi connectivity index (χ1) is 5.96. The first-order valence-corrected chi connectivity index (χ1v) is 3.83. The molecule has 1 rings (SSSR count). The lowest BCUT2D eigenvalue weighted by atomic mass is 10.0. The van der Waals surface area contributed by atoms with Gasteiger partial charge < -0.3 is 4.42 Å². The summed E-state index contributed by atoms with van der Waals surface area (Å²) in [7, 11) is 0. The number of nitrogens with one attached hydrogen (secondary N) is 1. The van der Waals surface area contributed by atoms with Crippen molar-refractivity contribution in [2.75, 3.05) is 0 Å². The zero-order valence-corrected chi connectivity index (χ0v) is 7.47. The summed E-state index contributed by atoms with van der Waals surface area (Å²) in [5.74, 6) is 2.13. The van der Waals surface area contributed by atoms with E-state index in [2.05, 4.69) is 5.43 Å². The Morgan fingerprint density at radius 1 is 1.54 bits per heavy atom. The fourth-order valence-corrected chi connectivity index (χ4v) is 1.18. The molecule has 1 atom stereocenters. The van der Waals surface area contributed by atoms with Crippen molar-refractivity contribution in [3.63, 3.8) is 0 Å². The second-order valence-electron chi connectivity index (χ2n) is 3.07. The Bertz CT molecular complexity index is 280. The highest BCUT2D eigenvalue weighted by molar-refractivity contribution is 5.24. The van der Waals surface area contributed by atoms with Gasteiger partial charge in [0.2, 0.25) is 0 Å². The molecule has 0 aliphatic carbocycles. The molecular weight excluding hydrogens is 178 g/mol. The number of rotatable bonds is 3. The first kappa shape index (κ1) is 10.1. The zero-order valence-electron chi connectivity index (χ0n) is 7.47. The summed E-state index contributed by atoms with van der Waals surface area (Å²) in [5.41, 5.74) is 3.12. The Morgan fingerprint density at radius 3 is 2.46 bits per heavy atom. The van der Waals surface area contributed by atoms with Crippen LogP contribution in [0.15, 0.2) is 16.9 Å². The van der Waals surface area contributed by atoms with Gasteiger partial charge in [-0.05, 0) is 12.5 Å². The highest BCUT2D eigenvalue weighted by atomic mass is 19.3. The normalized spacial score (nSPS) is 14.5. The lowest BCUT2D eigenvalue weighted by Gasteiger charge is -2.22. The van der Waals surface area contributed by atoms with Gasteiger partial charge in [-0.25, -0.2) is 14.2 Å². The van der Waals surface area contributed by atoms with E-state index in [9.17, 15) is 8.78 Å². The largest absolute Gasteiger partial charge is 0.472 e. The van der Waals surface area contributed by atoms with Gasteiger partial charge in [-0.1, -0.05) is 0 Å². The molecule has 5 heteroatoms. The van der Waals surface area contributed by atoms with Gasteiger partial charge in [0.05, 0.1) is 12.5 Å². The molecule has 1 heterocycles. The quantitative estimate of drug-likeness (QED) is 0.564. The van der Waals surface area contributed by atoms with Crippen molar-refractivity contribution in [2.24, 2.45) is 5.84 Å². The number of alkyl halides is 2. The lowest BCUT2D eigenvalue weighted by molar-refractivity contribution is -0.0198. The van der Waals surface area contributed by atoms with Crippen LogP contribution in [0.5, 0.6) is 0 Å². The molecular formula is C8H12F2N2O. The van der Waals surface area contributed by atoms with Crippen LogP contribution in [-0.4, -0.2) is 5.92 Å². The molecule has 0 aliphatic heterocycles. The fraction of sp³-hybridized carbons (Fsp3) is 0.500. The van der Waals surface area contributed by atoms with Gasteiger partial charge in [-0.3, -0.25) is 5.84 Å². The van der Waals surface area contributed by atoms with Gasteiger partial charge in [-0.2, -0.15) is 0 Å². The number of aryl methyl sites for hydroxylation is 1. The predicted octanol–water partition coefficient (Wildman–Crippen LogP) is 1.75.